The highest BCUT2D eigenvalue weighted by Gasteiger charge is 2.18. The molecule has 12 nitrogen and oxygen atoms in total. The van der Waals surface area contributed by atoms with Crippen LogP contribution >= 0.6 is 63.7 Å². The predicted octanol–water partition coefficient (Wildman–Crippen LogP) is 36.6. The van der Waals surface area contributed by atoms with E-state index in [9.17, 15) is 5.11 Å². The second-order valence-electron chi connectivity index (χ2n) is 34.5. The van der Waals surface area contributed by atoms with Gasteiger partial charge in [-0.1, -0.05) is 376 Å². The number of anilines is 1. The summed E-state index contributed by atoms with van der Waals surface area (Å²) in [5, 5.41) is 56.2. The number of unbranched alkanes of at least 4 members (excludes halogenated alkanes) is 21. The van der Waals surface area contributed by atoms with Crippen molar-refractivity contribution < 1.29 is 24.6 Å². The molecule has 0 saturated heterocycles. The van der Waals surface area contributed by atoms with E-state index >= 15 is 0 Å². The molecule has 0 fully saturated rings. The number of rotatable bonds is 47. The predicted molar refractivity (Wildman–Crippen MR) is 568 cm³/mol. The van der Waals surface area contributed by atoms with E-state index in [1.807, 2.05) is 37.3 Å². The van der Waals surface area contributed by atoms with Crippen molar-refractivity contribution in [1.29, 1.82) is 0 Å². The van der Waals surface area contributed by atoms with Gasteiger partial charge in [0.2, 0.25) is 0 Å². The highest BCUT2D eigenvalue weighted by atomic mass is 79.9. The molecule has 0 heterocycles. The molecule has 0 bridgehead atoms. The molecular weight excluding hydrogens is 1840 g/mol. The van der Waals surface area contributed by atoms with Gasteiger partial charge in [0.1, 0.15) is 17.2 Å². The first kappa shape index (κ1) is 113. The smallest absolute Gasteiger partial charge is 0.488 e. The average molecular weight is 2000 g/mol. The van der Waals surface area contributed by atoms with Crippen molar-refractivity contribution in [2.24, 2.45) is 30.7 Å². The monoisotopic (exact) mass is 2000 g/mol. The first-order valence-corrected chi connectivity index (χ1v) is 52.2. The third kappa shape index (κ3) is 42.6. The summed E-state index contributed by atoms with van der Waals surface area (Å²) in [4.78, 5) is 0. The molecule has 0 unspecified atom stereocenters. The highest BCUT2D eigenvalue weighted by Crippen LogP contribution is 2.40. The fourth-order valence-electron chi connectivity index (χ4n) is 15.0. The maximum atomic E-state index is 9.91. The molecule has 9 aromatic rings. The number of azo groups is 3. The number of ether oxygens (including phenoxy) is 2. The minimum absolute atomic E-state index is 0.246. The van der Waals surface area contributed by atoms with Gasteiger partial charge in [0.25, 0.3) is 0 Å². The number of aryl methyl sites for hydroxylation is 10. The van der Waals surface area contributed by atoms with E-state index < -0.39 is 7.12 Å². The van der Waals surface area contributed by atoms with Crippen LogP contribution in [0.15, 0.2) is 196 Å². The van der Waals surface area contributed by atoms with Crippen LogP contribution in [0.4, 0.5) is 39.8 Å². The quantitative estimate of drug-likeness (QED) is 0.00969. The van der Waals surface area contributed by atoms with Gasteiger partial charge < -0.3 is 30.4 Å². The lowest BCUT2D eigenvalue weighted by Gasteiger charge is -2.15. The Morgan fingerprint density at radius 2 is 0.602 bits per heavy atom. The lowest BCUT2D eigenvalue weighted by molar-refractivity contribution is 0.300. The van der Waals surface area contributed by atoms with Gasteiger partial charge in [-0.05, 0) is 283 Å². The summed E-state index contributed by atoms with van der Waals surface area (Å²) in [6.07, 6.45) is 39.9. The highest BCUT2D eigenvalue weighted by molar-refractivity contribution is 9.11. The van der Waals surface area contributed by atoms with E-state index in [0.29, 0.717) is 23.0 Å². The van der Waals surface area contributed by atoms with Gasteiger partial charge in [0.05, 0.1) is 47.3 Å². The Kier molecular flexibility index (Phi) is 58.6. The number of phenols is 1. The van der Waals surface area contributed by atoms with Crippen LogP contribution < -0.4 is 20.7 Å². The number of nitrogens with zero attached hydrogens (tertiary/aromatic N) is 6. The van der Waals surface area contributed by atoms with Crippen molar-refractivity contribution in [3.05, 3.63) is 237 Å². The van der Waals surface area contributed by atoms with Crippen molar-refractivity contribution in [3.63, 3.8) is 0 Å². The molecule has 17 heteroatoms. The van der Waals surface area contributed by atoms with E-state index in [1.54, 1.807) is 24.3 Å². The fraction of sp³-hybridized carbons (Fsp3) is 0.514. The molecule has 0 aliphatic heterocycles. The minimum atomic E-state index is -1.35. The zero-order chi connectivity index (χ0) is 94.1. The zero-order valence-electron chi connectivity index (χ0n) is 81.9. The van der Waals surface area contributed by atoms with Crippen molar-refractivity contribution in [1.82, 2.24) is 0 Å². The Bertz CT molecular complexity index is 4570. The average Bonchev–Trinajstić information content (AvgIpc) is 0.798. The lowest BCUT2D eigenvalue weighted by atomic mass is 9.80. The molecule has 0 aliphatic rings. The Labute approximate surface area is 809 Å². The summed E-state index contributed by atoms with van der Waals surface area (Å²) in [6.45, 7) is 42.6. The van der Waals surface area contributed by atoms with Gasteiger partial charge >= 0.3 is 7.12 Å². The topological polar surface area (TPSA) is 179 Å². The van der Waals surface area contributed by atoms with Crippen LogP contribution in [0.1, 0.15) is 362 Å². The standard InChI is InChI=1S/C36H50N2O.C29H43BrN2O.C19H23BrN2O.C10H14BrN.C10H21Br.C7H9BO2/c1-7-10-11-12-13-14-15-16-23-39-35-22-21-33(26-34(35)27(4)5)37-38-36-29(8-2)24-32(25-30(36)9-3)31-19-17-28(6)18-20-31;1-6-9-10-11-12-13-14-15-18-33-28-17-16-26(21-27(28)22(4)5)31-32-29-23(7-2)19-25(30)20-24(29)8-3;1-5-13-9-15(20)10-14(6-2)19(13)22-21-16-7-8-18(23)17(11-16)12(3)4;1-3-7-5-9(11)6-8(4-2)10(7)12;1-2-3-4-5-6-7-8-9-10-11;1-6-2-4-7(5-3-6)8(9)10/h17-22,24-27H,7-16,23H2,1-6H3;16-17,19-22H,6-15,18H2,1-5H3;7-12,23H,5-6H2,1-4H3;5-6H,3-4,12H2,1-2H3;2-10H2,1H3;2-5,9-10H,1H3. The maximum absolute atomic E-state index is 9.91. The van der Waals surface area contributed by atoms with Crippen LogP contribution in [0.25, 0.3) is 11.1 Å². The molecule has 128 heavy (non-hydrogen) atoms. The van der Waals surface area contributed by atoms with Gasteiger partial charge in [0.15, 0.2) is 0 Å². The van der Waals surface area contributed by atoms with E-state index in [4.69, 9.17) is 35.5 Å². The Balaban J connectivity index is 0.000000346. The van der Waals surface area contributed by atoms with E-state index in [1.165, 1.54) is 219 Å². The summed E-state index contributed by atoms with van der Waals surface area (Å²) >= 11 is 14.1. The van der Waals surface area contributed by atoms with Crippen LogP contribution in [0.3, 0.4) is 0 Å². The first-order valence-electron chi connectivity index (χ1n) is 48.7. The van der Waals surface area contributed by atoms with Gasteiger partial charge in [-0.15, -0.1) is 15.3 Å². The van der Waals surface area contributed by atoms with E-state index in [-0.39, 0.29) is 5.92 Å². The molecule has 0 amide bonds. The van der Waals surface area contributed by atoms with Crippen molar-refractivity contribution in [3.8, 4) is 28.4 Å². The number of benzene rings is 9. The maximum Gasteiger partial charge on any atom is 0.488 e. The van der Waals surface area contributed by atoms with Crippen LogP contribution in [-0.2, 0) is 51.4 Å². The molecule has 0 spiro atoms. The first-order chi connectivity index (χ1) is 61.7. The van der Waals surface area contributed by atoms with Gasteiger partial charge in [-0.3, -0.25) is 0 Å². The molecule has 0 saturated carbocycles. The Morgan fingerprint density at radius 3 is 0.906 bits per heavy atom. The third-order valence-electron chi connectivity index (χ3n) is 23.0. The van der Waals surface area contributed by atoms with Gasteiger partial charge in [0, 0.05) is 24.4 Å². The zero-order valence-corrected chi connectivity index (χ0v) is 88.3. The van der Waals surface area contributed by atoms with Crippen LogP contribution in [-0.4, -0.2) is 40.8 Å². The van der Waals surface area contributed by atoms with Crippen molar-refractivity contribution in [2.75, 3.05) is 24.3 Å². The molecular formula is C111H160BBr4N7O5. The second kappa shape index (κ2) is 66.3. The molecule has 9 rings (SSSR count). The van der Waals surface area contributed by atoms with E-state index in [2.05, 4.69) is 306 Å². The van der Waals surface area contributed by atoms with Crippen LogP contribution in [0.5, 0.6) is 17.2 Å². The Hall–Kier alpha value is -7.12. The number of hydrogen-bond donors (Lipinski definition) is 4. The minimum Gasteiger partial charge on any atom is -0.508 e. The largest absolute Gasteiger partial charge is 0.508 e. The van der Waals surface area contributed by atoms with Crippen LogP contribution in [0.2, 0.25) is 0 Å². The molecule has 0 atom stereocenters. The number of alkyl halides is 1. The molecule has 9 aromatic carbocycles. The lowest BCUT2D eigenvalue weighted by Crippen LogP contribution is -2.29. The molecule has 0 aliphatic carbocycles. The summed E-state index contributed by atoms with van der Waals surface area (Å²) in [6, 6.07) is 50.9. The number of hydrogen-bond acceptors (Lipinski definition) is 12. The molecule has 700 valence electrons. The normalized spacial score (nSPS) is 11.2. The number of aromatic hydroxyl groups is 1. The summed E-state index contributed by atoms with van der Waals surface area (Å²) in [5.74, 6) is 3.26. The number of nitrogens with two attached hydrogens (primary N) is 1. The third-order valence-corrected chi connectivity index (χ3v) is 24.9. The summed E-state index contributed by atoms with van der Waals surface area (Å²) < 4.78 is 15.7. The number of phenolic OH excluding ortho intramolecular Hbond substituents is 1. The molecule has 0 aromatic heterocycles. The number of nitrogen functional groups attached to an aromatic ring is 1. The van der Waals surface area contributed by atoms with Crippen LogP contribution in [0, 0.1) is 13.8 Å². The number of halogens is 4. The van der Waals surface area contributed by atoms with Crippen molar-refractivity contribution >= 4 is 116 Å². The SMILES string of the molecule is CCCCCCCCCCBr.CCCCCCCCCCOc1ccc(N=Nc2c(CC)cc(-c3ccc(C)cc3)cc2CC)cc1C(C)C.CCCCCCCCCCOc1ccc(N=Nc2c(CC)cc(Br)cc2CC)cc1C(C)C.CCc1cc(Br)cc(CC)c1N.CCc1cc(Br)cc(CC)c1N=Nc1ccc(O)c(C(C)C)c1.Cc1ccc(B(O)O)cc1. The van der Waals surface area contributed by atoms with Gasteiger partial charge in [-0.2, -0.15) is 15.3 Å². The fourth-order valence-corrected chi connectivity index (χ4v) is 17.0. The molecule has 5 N–H and O–H groups in total. The second-order valence-corrected chi connectivity index (χ2v) is 38.0. The summed E-state index contributed by atoms with van der Waals surface area (Å²) in [5.41, 5.74) is 30.9. The molecule has 0 radical (unpaired) electrons. The van der Waals surface area contributed by atoms with Gasteiger partial charge in [-0.25, -0.2) is 0 Å². The summed E-state index contributed by atoms with van der Waals surface area (Å²) in [7, 11) is -1.35. The Morgan fingerprint density at radius 1 is 0.320 bits per heavy atom. The van der Waals surface area contributed by atoms with Crippen molar-refractivity contribution in [2.45, 2.75) is 355 Å². The van der Waals surface area contributed by atoms with E-state index in [0.717, 1.165) is 153 Å².